The molecule has 1 unspecified atom stereocenters. The van der Waals surface area contributed by atoms with Gasteiger partial charge in [-0.1, -0.05) is 30.3 Å². The standard InChI is InChI=1S/C14H18N2OS/c1-18-9-5-8-16-14(17)13(11-15)10-12-6-3-2-4-7-12/h2-4,6-7,13H,5,8-10H2,1H3,(H,16,17). The van der Waals surface area contributed by atoms with E-state index in [4.69, 9.17) is 5.26 Å². The first kappa shape index (κ1) is 14.6. The van der Waals surface area contributed by atoms with E-state index in [9.17, 15) is 4.79 Å². The van der Waals surface area contributed by atoms with Crippen LogP contribution in [0.5, 0.6) is 0 Å². The number of nitriles is 1. The van der Waals surface area contributed by atoms with Gasteiger partial charge >= 0.3 is 0 Å². The van der Waals surface area contributed by atoms with Crippen LogP contribution in [0.15, 0.2) is 30.3 Å². The molecule has 0 radical (unpaired) electrons. The van der Waals surface area contributed by atoms with Crippen LogP contribution in [0.4, 0.5) is 0 Å². The zero-order chi connectivity index (χ0) is 13.2. The van der Waals surface area contributed by atoms with E-state index in [1.807, 2.05) is 36.6 Å². The van der Waals surface area contributed by atoms with Gasteiger partial charge in [0.2, 0.25) is 5.91 Å². The Bertz CT molecular complexity index is 400. The Morgan fingerprint density at radius 2 is 2.17 bits per heavy atom. The second-order valence-corrected chi connectivity index (χ2v) is 4.99. The summed E-state index contributed by atoms with van der Waals surface area (Å²) in [5.41, 5.74) is 1.02. The summed E-state index contributed by atoms with van der Waals surface area (Å²) >= 11 is 1.75. The summed E-state index contributed by atoms with van der Waals surface area (Å²) < 4.78 is 0. The van der Waals surface area contributed by atoms with Crippen LogP contribution in [-0.4, -0.2) is 24.5 Å². The number of hydrogen-bond acceptors (Lipinski definition) is 3. The highest BCUT2D eigenvalue weighted by Gasteiger charge is 2.17. The van der Waals surface area contributed by atoms with E-state index in [0.29, 0.717) is 13.0 Å². The van der Waals surface area contributed by atoms with Gasteiger partial charge < -0.3 is 5.32 Å². The van der Waals surface area contributed by atoms with Crippen LogP contribution >= 0.6 is 11.8 Å². The van der Waals surface area contributed by atoms with Crippen LogP contribution in [0, 0.1) is 17.2 Å². The molecule has 0 saturated carbocycles. The molecule has 0 aliphatic carbocycles. The van der Waals surface area contributed by atoms with Crippen molar-refractivity contribution in [3.63, 3.8) is 0 Å². The lowest BCUT2D eigenvalue weighted by atomic mass is 10.00. The fraction of sp³-hybridized carbons (Fsp3) is 0.429. The van der Waals surface area contributed by atoms with Crippen molar-refractivity contribution < 1.29 is 4.79 Å². The summed E-state index contributed by atoms with van der Waals surface area (Å²) in [6, 6.07) is 11.7. The normalized spacial score (nSPS) is 11.6. The molecule has 0 aromatic heterocycles. The molecule has 96 valence electrons. The summed E-state index contributed by atoms with van der Waals surface area (Å²) in [4.78, 5) is 11.8. The van der Waals surface area contributed by atoms with Gasteiger partial charge in [0.25, 0.3) is 0 Å². The summed E-state index contributed by atoms with van der Waals surface area (Å²) in [6.45, 7) is 0.645. The average Bonchev–Trinajstić information content (AvgIpc) is 2.42. The SMILES string of the molecule is CSCCCNC(=O)C(C#N)Cc1ccccc1. The molecule has 0 fully saturated rings. The number of nitrogens with one attached hydrogen (secondary N) is 1. The molecule has 0 saturated heterocycles. The van der Waals surface area contributed by atoms with Gasteiger partial charge in [-0.05, 0) is 30.4 Å². The van der Waals surface area contributed by atoms with Crippen molar-refractivity contribution in [1.29, 1.82) is 5.26 Å². The molecule has 0 spiro atoms. The zero-order valence-corrected chi connectivity index (χ0v) is 11.4. The number of amides is 1. The summed E-state index contributed by atoms with van der Waals surface area (Å²) in [5.74, 6) is 0.264. The second kappa shape index (κ2) is 8.60. The lowest BCUT2D eigenvalue weighted by Crippen LogP contribution is -2.32. The van der Waals surface area contributed by atoms with Gasteiger partial charge in [0, 0.05) is 6.54 Å². The Hall–Kier alpha value is -1.47. The highest BCUT2D eigenvalue weighted by Crippen LogP contribution is 2.08. The minimum absolute atomic E-state index is 0.164. The van der Waals surface area contributed by atoms with Crippen molar-refractivity contribution in [2.24, 2.45) is 5.92 Å². The average molecular weight is 262 g/mol. The molecule has 4 heteroatoms. The van der Waals surface area contributed by atoms with E-state index in [0.717, 1.165) is 17.7 Å². The lowest BCUT2D eigenvalue weighted by Gasteiger charge is -2.10. The molecule has 0 bridgehead atoms. The molecule has 1 aromatic carbocycles. The largest absolute Gasteiger partial charge is 0.355 e. The third-order valence-corrected chi connectivity index (χ3v) is 3.28. The van der Waals surface area contributed by atoms with Crippen molar-refractivity contribution in [1.82, 2.24) is 5.32 Å². The van der Waals surface area contributed by atoms with E-state index in [1.165, 1.54) is 0 Å². The number of thioether (sulfide) groups is 1. The number of rotatable bonds is 7. The third kappa shape index (κ3) is 5.24. The van der Waals surface area contributed by atoms with Crippen molar-refractivity contribution >= 4 is 17.7 Å². The number of carbonyl (C=O) groups excluding carboxylic acids is 1. The lowest BCUT2D eigenvalue weighted by molar-refractivity contribution is -0.123. The van der Waals surface area contributed by atoms with Crippen LogP contribution in [0.1, 0.15) is 12.0 Å². The van der Waals surface area contributed by atoms with E-state index in [1.54, 1.807) is 11.8 Å². The molecular formula is C14H18N2OS. The molecule has 1 N–H and O–H groups in total. The van der Waals surface area contributed by atoms with Gasteiger partial charge in [-0.15, -0.1) is 0 Å². The topological polar surface area (TPSA) is 52.9 Å². The number of hydrogen-bond donors (Lipinski definition) is 1. The minimum Gasteiger partial charge on any atom is -0.355 e. The van der Waals surface area contributed by atoms with Crippen molar-refractivity contribution in [2.75, 3.05) is 18.6 Å². The van der Waals surface area contributed by atoms with Crippen molar-refractivity contribution in [3.05, 3.63) is 35.9 Å². The first-order valence-corrected chi connectivity index (χ1v) is 7.37. The highest BCUT2D eigenvalue weighted by atomic mass is 32.2. The minimum atomic E-state index is -0.596. The Balaban J connectivity index is 2.41. The van der Waals surface area contributed by atoms with Gasteiger partial charge in [-0.2, -0.15) is 17.0 Å². The molecule has 18 heavy (non-hydrogen) atoms. The van der Waals surface area contributed by atoms with Crippen LogP contribution < -0.4 is 5.32 Å². The molecule has 1 atom stereocenters. The number of carbonyl (C=O) groups is 1. The van der Waals surface area contributed by atoms with Gasteiger partial charge in [0.1, 0.15) is 5.92 Å². The molecule has 0 aliphatic heterocycles. The van der Waals surface area contributed by atoms with Crippen LogP contribution in [0.3, 0.4) is 0 Å². The summed E-state index contributed by atoms with van der Waals surface area (Å²) in [6.07, 6.45) is 3.46. The molecule has 1 rings (SSSR count). The van der Waals surface area contributed by atoms with Gasteiger partial charge in [0.15, 0.2) is 0 Å². The number of benzene rings is 1. The highest BCUT2D eigenvalue weighted by molar-refractivity contribution is 7.98. The van der Waals surface area contributed by atoms with Gasteiger partial charge in [0.05, 0.1) is 6.07 Å². The smallest absolute Gasteiger partial charge is 0.237 e. The van der Waals surface area contributed by atoms with E-state index in [2.05, 4.69) is 11.4 Å². The Morgan fingerprint density at radius 1 is 1.44 bits per heavy atom. The Morgan fingerprint density at radius 3 is 2.78 bits per heavy atom. The van der Waals surface area contributed by atoms with Crippen LogP contribution in [-0.2, 0) is 11.2 Å². The maximum absolute atomic E-state index is 11.8. The molecule has 1 amide bonds. The predicted octanol–water partition coefficient (Wildman–Crippen LogP) is 2.24. The van der Waals surface area contributed by atoms with Crippen LogP contribution in [0.25, 0.3) is 0 Å². The first-order chi connectivity index (χ1) is 8.77. The maximum Gasteiger partial charge on any atom is 0.237 e. The van der Waals surface area contributed by atoms with Gasteiger partial charge in [-0.3, -0.25) is 4.79 Å². The second-order valence-electron chi connectivity index (χ2n) is 4.01. The fourth-order valence-corrected chi connectivity index (χ4v) is 2.03. The zero-order valence-electron chi connectivity index (χ0n) is 10.6. The predicted molar refractivity (Wildman–Crippen MR) is 75.3 cm³/mol. The van der Waals surface area contributed by atoms with E-state index in [-0.39, 0.29) is 5.91 Å². The van der Waals surface area contributed by atoms with E-state index >= 15 is 0 Å². The van der Waals surface area contributed by atoms with Crippen LogP contribution in [0.2, 0.25) is 0 Å². The third-order valence-electron chi connectivity index (χ3n) is 2.58. The molecular weight excluding hydrogens is 244 g/mol. The molecule has 3 nitrogen and oxygen atoms in total. The number of nitrogens with zero attached hydrogens (tertiary/aromatic N) is 1. The van der Waals surface area contributed by atoms with Gasteiger partial charge in [-0.25, -0.2) is 0 Å². The molecule has 0 heterocycles. The Labute approximate surface area is 113 Å². The van der Waals surface area contributed by atoms with Crippen molar-refractivity contribution in [2.45, 2.75) is 12.8 Å². The quantitative estimate of drug-likeness (QED) is 0.767. The van der Waals surface area contributed by atoms with E-state index < -0.39 is 5.92 Å². The Kier molecular flexibility index (Phi) is 6.97. The first-order valence-electron chi connectivity index (χ1n) is 5.98. The molecule has 1 aromatic rings. The fourth-order valence-electron chi connectivity index (χ4n) is 1.60. The van der Waals surface area contributed by atoms with Crippen molar-refractivity contribution in [3.8, 4) is 6.07 Å². The summed E-state index contributed by atoms with van der Waals surface area (Å²) in [5, 5.41) is 11.9. The monoisotopic (exact) mass is 262 g/mol. The maximum atomic E-state index is 11.8. The summed E-state index contributed by atoms with van der Waals surface area (Å²) in [7, 11) is 0. The molecule has 0 aliphatic rings.